The SMILES string of the molecule is Cc1cccn2c(=O)c(C=C3SC(=S)N(CCCCCC(=O)O)C3=O)c(N3CC(C)CC(C)C3)nc12. The van der Waals surface area contributed by atoms with Gasteiger partial charge in [-0.3, -0.25) is 23.7 Å². The molecule has 4 heterocycles. The molecule has 192 valence electrons. The summed E-state index contributed by atoms with van der Waals surface area (Å²) < 4.78 is 2.00. The number of carbonyl (C=O) groups excluding carboxylic acids is 1. The van der Waals surface area contributed by atoms with E-state index in [1.807, 2.05) is 19.1 Å². The molecular weight excluding hydrogens is 496 g/mol. The smallest absolute Gasteiger partial charge is 0.303 e. The second-order valence-corrected chi connectivity index (χ2v) is 11.6. The molecule has 2 saturated heterocycles. The first-order chi connectivity index (χ1) is 17.2. The van der Waals surface area contributed by atoms with Crippen molar-refractivity contribution in [1.82, 2.24) is 14.3 Å². The maximum atomic E-state index is 13.7. The van der Waals surface area contributed by atoms with Gasteiger partial charge >= 0.3 is 5.97 Å². The second kappa shape index (κ2) is 11.1. The molecule has 2 aliphatic rings. The van der Waals surface area contributed by atoms with Crippen LogP contribution in [0.2, 0.25) is 0 Å². The van der Waals surface area contributed by atoms with E-state index in [-0.39, 0.29) is 17.9 Å². The molecule has 0 bridgehead atoms. The van der Waals surface area contributed by atoms with Gasteiger partial charge in [-0.15, -0.1) is 0 Å². The van der Waals surface area contributed by atoms with Crippen LogP contribution in [0.25, 0.3) is 11.7 Å². The van der Waals surface area contributed by atoms with E-state index in [0.29, 0.717) is 63.9 Å². The molecule has 1 N–H and O–H groups in total. The average Bonchev–Trinajstić information content (AvgIpc) is 3.07. The van der Waals surface area contributed by atoms with E-state index in [4.69, 9.17) is 22.3 Å². The number of aryl methyl sites for hydroxylation is 1. The highest BCUT2D eigenvalue weighted by Crippen LogP contribution is 2.35. The van der Waals surface area contributed by atoms with E-state index < -0.39 is 5.97 Å². The minimum atomic E-state index is -0.817. The molecule has 1 amide bonds. The summed E-state index contributed by atoms with van der Waals surface area (Å²) in [5.74, 6) is 0.522. The van der Waals surface area contributed by atoms with Gasteiger partial charge in [-0.25, -0.2) is 4.98 Å². The van der Waals surface area contributed by atoms with Gasteiger partial charge in [-0.2, -0.15) is 0 Å². The molecule has 2 atom stereocenters. The van der Waals surface area contributed by atoms with Crippen LogP contribution in [0, 0.1) is 18.8 Å². The lowest BCUT2D eigenvalue weighted by molar-refractivity contribution is -0.137. The molecular formula is C26H32N4O4S2. The number of carboxylic acid groups (broad SMARTS) is 1. The summed E-state index contributed by atoms with van der Waals surface area (Å²) in [4.78, 5) is 46.7. The Balaban J connectivity index is 1.68. The summed E-state index contributed by atoms with van der Waals surface area (Å²) in [6.45, 7) is 8.40. The zero-order valence-electron chi connectivity index (χ0n) is 20.9. The number of carboxylic acids is 1. The number of carbonyl (C=O) groups is 2. The van der Waals surface area contributed by atoms with Crippen LogP contribution in [-0.2, 0) is 9.59 Å². The van der Waals surface area contributed by atoms with Crippen LogP contribution in [-0.4, -0.2) is 55.2 Å². The van der Waals surface area contributed by atoms with Crippen LogP contribution >= 0.6 is 24.0 Å². The van der Waals surface area contributed by atoms with Crippen LogP contribution < -0.4 is 10.5 Å². The van der Waals surface area contributed by atoms with Gasteiger partial charge in [0.15, 0.2) is 0 Å². The van der Waals surface area contributed by atoms with E-state index in [9.17, 15) is 14.4 Å². The van der Waals surface area contributed by atoms with E-state index in [0.717, 1.165) is 25.1 Å². The number of piperidine rings is 1. The first kappa shape index (κ1) is 26.3. The lowest BCUT2D eigenvalue weighted by Crippen LogP contribution is -2.40. The molecule has 10 heteroatoms. The molecule has 2 aromatic heterocycles. The fraction of sp³-hybridized carbons (Fsp3) is 0.500. The number of nitrogens with zero attached hydrogens (tertiary/aromatic N) is 4. The van der Waals surface area contributed by atoms with Crippen molar-refractivity contribution in [2.45, 2.75) is 52.9 Å². The largest absolute Gasteiger partial charge is 0.481 e. The molecule has 0 spiro atoms. The van der Waals surface area contributed by atoms with Crippen molar-refractivity contribution in [3.8, 4) is 0 Å². The average molecular weight is 529 g/mol. The van der Waals surface area contributed by atoms with Crippen molar-refractivity contribution in [3.63, 3.8) is 0 Å². The monoisotopic (exact) mass is 528 g/mol. The number of amides is 1. The van der Waals surface area contributed by atoms with Crippen LogP contribution in [0.5, 0.6) is 0 Å². The quantitative estimate of drug-likeness (QED) is 0.307. The Kier molecular flexibility index (Phi) is 8.14. The van der Waals surface area contributed by atoms with E-state index in [1.54, 1.807) is 21.6 Å². The summed E-state index contributed by atoms with van der Waals surface area (Å²) in [5.41, 5.74) is 1.73. The van der Waals surface area contributed by atoms with Gasteiger partial charge in [0.1, 0.15) is 15.8 Å². The minimum Gasteiger partial charge on any atom is -0.481 e. The Bertz CT molecular complexity index is 1280. The van der Waals surface area contributed by atoms with E-state index >= 15 is 0 Å². The lowest BCUT2D eigenvalue weighted by Gasteiger charge is -2.36. The predicted octanol–water partition coefficient (Wildman–Crippen LogP) is 4.33. The summed E-state index contributed by atoms with van der Waals surface area (Å²) >= 11 is 6.67. The van der Waals surface area contributed by atoms with Crippen molar-refractivity contribution in [1.29, 1.82) is 0 Å². The number of hydrogen-bond acceptors (Lipinski definition) is 7. The maximum Gasteiger partial charge on any atom is 0.303 e. The van der Waals surface area contributed by atoms with Gasteiger partial charge in [0, 0.05) is 32.3 Å². The van der Waals surface area contributed by atoms with Crippen molar-refractivity contribution in [2.75, 3.05) is 24.5 Å². The molecule has 0 aromatic carbocycles. The van der Waals surface area contributed by atoms with Gasteiger partial charge < -0.3 is 10.0 Å². The standard InChI is InChI=1S/C26H32N4O4S2/c1-16-12-17(2)15-28(14-16)23-19(24(33)29-11-7-8-18(3)22(29)27-23)13-20-25(34)30(26(35)36-20)10-6-4-5-9-21(31)32/h7-8,11,13,16-17H,4-6,9-10,12,14-15H2,1-3H3,(H,31,32). The van der Waals surface area contributed by atoms with Gasteiger partial charge in [-0.1, -0.05) is 50.3 Å². The molecule has 8 nitrogen and oxygen atoms in total. The first-order valence-corrected chi connectivity index (χ1v) is 13.6. The Hall–Kier alpha value is -2.72. The normalized spacial score (nSPS) is 21.7. The van der Waals surface area contributed by atoms with Crippen LogP contribution in [0.15, 0.2) is 28.0 Å². The highest BCUT2D eigenvalue weighted by atomic mass is 32.2. The number of aliphatic carboxylic acids is 1. The molecule has 36 heavy (non-hydrogen) atoms. The molecule has 0 radical (unpaired) electrons. The van der Waals surface area contributed by atoms with Crippen molar-refractivity contribution < 1.29 is 14.7 Å². The van der Waals surface area contributed by atoms with Crippen LogP contribution in [0.1, 0.15) is 57.1 Å². The number of hydrogen-bond donors (Lipinski definition) is 1. The molecule has 2 fully saturated rings. The van der Waals surface area contributed by atoms with Crippen molar-refractivity contribution in [2.24, 2.45) is 11.8 Å². The van der Waals surface area contributed by atoms with Gasteiger partial charge in [0.05, 0.1) is 10.5 Å². The fourth-order valence-corrected chi connectivity index (χ4v) is 6.34. The summed E-state index contributed by atoms with van der Waals surface area (Å²) in [7, 11) is 0. The molecule has 0 saturated carbocycles. The third-order valence-corrected chi connectivity index (χ3v) is 8.03. The van der Waals surface area contributed by atoms with Crippen LogP contribution in [0.3, 0.4) is 0 Å². The highest BCUT2D eigenvalue weighted by Gasteiger charge is 2.33. The summed E-state index contributed by atoms with van der Waals surface area (Å²) in [5, 5.41) is 8.80. The van der Waals surface area contributed by atoms with Gasteiger partial charge in [-0.05, 0) is 55.7 Å². The number of unbranched alkanes of at least 4 members (excludes halogenated alkanes) is 2. The molecule has 4 rings (SSSR count). The molecule has 2 aromatic rings. The van der Waals surface area contributed by atoms with E-state index in [1.165, 1.54) is 11.8 Å². The number of pyridine rings is 1. The number of fused-ring (bicyclic) bond motifs is 1. The molecule has 2 unspecified atom stereocenters. The Morgan fingerprint density at radius 3 is 2.64 bits per heavy atom. The number of thiocarbonyl (C=S) groups is 1. The lowest BCUT2D eigenvalue weighted by atomic mass is 9.91. The third kappa shape index (κ3) is 5.64. The number of aromatic nitrogens is 2. The second-order valence-electron chi connectivity index (χ2n) is 9.93. The Morgan fingerprint density at radius 2 is 1.94 bits per heavy atom. The molecule has 2 aliphatic heterocycles. The zero-order chi connectivity index (χ0) is 26.0. The topological polar surface area (TPSA) is 95.2 Å². The summed E-state index contributed by atoms with van der Waals surface area (Å²) in [6.07, 6.45) is 6.55. The Labute approximate surface area is 220 Å². The fourth-order valence-electron chi connectivity index (χ4n) is 5.05. The Morgan fingerprint density at radius 1 is 1.22 bits per heavy atom. The number of rotatable bonds is 8. The van der Waals surface area contributed by atoms with Crippen molar-refractivity contribution in [3.05, 3.63) is 44.7 Å². The minimum absolute atomic E-state index is 0.118. The third-order valence-electron chi connectivity index (χ3n) is 6.65. The predicted molar refractivity (Wildman–Crippen MR) is 147 cm³/mol. The number of thioether (sulfide) groups is 1. The maximum absolute atomic E-state index is 13.7. The van der Waals surface area contributed by atoms with Crippen LogP contribution in [0.4, 0.5) is 5.82 Å². The van der Waals surface area contributed by atoms with Crippen molar-refractivity contribution >= 4 is 57.7 Å². The molecule has 0 aliphatic carbocycles. The summed E-state index contributed by atoms with van der Waals surface area (Å²) in [6, 6.07) is 3.76. The van der Waals surface area contributed by atoms with Gasteiger partial charge in [0.25, 0.3) is 11.5 Å². The zero-order valence-corrected chi connectivity index (χ0v) is 22.5. The van der Waals surface area contributed by atoms with Gasteiger partial charge in [0.2, 0.25) is 0 Å². The first-order valence-electron chi connectivity index (χ1n) is 12.4. The number of anilines is 1. The highest BCUT2D eigenvalue weighted by molar-refractivity contribution is 8.26. The van der Waals surface area contributed by atoms with E-state index in [2.05, 4.69) is 18.7 Å².